The lowest BCUT2D eigenvalue weighted by Gasteiger charge is -2.33. The molecule has 1 saturated heterocycles. The molecule has 7 heteroatoms. The molecule has 1 fully saturated rings. The van der Waals surface area contributed by atoms with Gasteiger partial charge in [-0.25, -0.2) is 14.8 Å². The number of hydrogen-bond donors (Lipinski definition) is 2. The van der Waals surface area contributed by atoms with Crippen molar-refractivity contribution in [3.63, 3.8) is 0 Å². The van der Waals surface area contributed by atoms with E-state index in [-0.39, 0.29) is 17.9 Å². The van der Waals surface area contributed by atoms with Crippen LogP contribution in [0.3, 0.4) is 0 Å². The summed E-state index contributed by atoms with van der Waals surface area (Å²) in [4.78, 5) is 23.7. The van der Waals surface area contributed by atoms with Crippen LogP contribution in [0.2, 0.25) is 0 Å². The van der Waals surface area contributed by atoms with Gasteiger partial charge in [-0.1, -0.05) is 18.2 Å². The van der Waals surface area contributed by atoms with E-state index in [1.807, 2.05) is 32.9 Å². The molecule has 3 aromatic rings. The molecule has 2 N–H and O–H groups in total. The van der Waals surface area contributed by atoms with Crippen molar-refractivity contribution in [2.45, 2.75) is 39.7 Å². The lowest BCUT2D eigenvalue weighted by Crippen LogP contribution is -2.39. The van der Waals surface area contributed by atoms with Crippen LogP contribution in [0.1, 0.15) is 32.3 Å². The number of carbonyl (C=O) groups excluding carboxylic acids is 1. The third-order valence-electron chi connectivity index (χ3n) is 5.77. The number of piperidine rings is 1. The summed E-state index contributed by atoms with van der Waals surface area (Å²) in [7, 11) is 0. The first kappa shape index (κ1) is 21.9. The van der Waals surface area contributed by atoms with Gasteiger partial charge in [-0.2, -0.15) is 0 Å². The lowest BCUT2D eigenvalue weighted by atomic mass is 9.96. The fourth-order valence-electron chi connectivity index (χ4n) is 4.08. The molecule has 0 bridgehead atoms. The SMILES string of the molecule is Cc1ccc2c(N3CCC(CNC(=O)OC(C)C)CC3)nc(-c3ccccc3O)nc2c1. The van der Waals surface area contributed by atoms with Gasteiger partial charge < -0.3 is 20.1 Å². The van der Waals surface area contributed by atoms with Crippen LogP contribution in [0.25, 0.3) is 22.3 Å². The number of nitrogens with one attached hydrogen (secondary N) is 1. The number of phenolic OH excluding ortho intramolecular Hbond substituents is 1. The third kappa shape index (κ3) is 4.93. The fourth-order valence-corrected chi connectivity index (χ4v) is 4.08. The van der Waals surface area contributed by atoms with Gasteiger partial charge in [0.15, 0.2) is 5.82 Å². The number of carbonyl (C=O) groups is 1. The maximum atomic E-state index is 11.8. The number of anilines is 1. The molecule has 2 aromatic carbocycles. The summed E-state index contributed by atoms with van der Waals surface area (Å²) in [6.07, 6.45) is 1.42. The largest absolute Gasteiger partial charge is 0.507 e. The van der Waals surface area contributed by atoms with Crippen LogP contribution < -0.4 is 10.2 Å². The van der Waals surface area contributed by atoms with E-state index in [1.165, 1.54) is 0 Å². The molecule has 0 spiro atoms. The van der Waals surface area contributed by atoms with E-state index in [4.69, 9.17) is 14.7 Å². The number of aryl methyl sites for hydroxylation is 1. The maximum absolute atomic E-state index is 11.8. The van der Waals surface area contributed by atoms with Gasteiger partial charge in [-0.15, -0.1) is 0 Å². The van der Waals surface area contributed by atoms with E-state index in [1.54, 1.807) is 12.1 Å². The highest BCUT2D eigenvalue weighted by Crippen LogP contribution is 2.33. The molecule has 0 radical (unpaired) electrons. The minimum Gasteiger partial charge on any atom is -0.507 e. The van der Waals surface area contributed by atoms with Crippen molar-refractivity contribution in [3.05, 3.63) is 48.0 Å². The zero-order valence-electron chi connectivity index (χ0n) is 18.8. The first-order valence-electron chi connectivity index (χ1n) is 11.2. The molecule has 0 saturated carbocycles. The fraction of sp³-hybridized carbons (Fsp3) is 0.400. The second kappa shape index (κ2) is 9.42. The number of para-hydroxylation sites is 1. The van der Waals surface area contributed by atoms with Crippen LogP contribution in [0, 0.1) is 12.8 Å². The number of aromatic hydroxyl groups is 1. The first-order chi connectivity index (χ1) is 15.4. The van der Waals surface area contributed by atoms with Crippen molar-refractivity contribution in [1.82, 2.24) is 15.3 Å². The van der Waals surface area contributed by atoms with E-state index < -0.39 is 0 Å². The van der Waals surface area contributed by atoms with E-state index >= 15 is 0 Å². The molecule has 1 aromatic heterocycles. The number of phenols is 1. The number of hydrogen-bond acceptors (Lipinski definition) is 6. The number of amides is 1. The van der Waals surface area contributed by atoms with Crippen LogP contribution >= 0.6 is 0 Å². The van der Waals surface area contributed by atoms with E-state index in [0.717, 1.165) is 48.2 Å². The van der Waals surface area contributed by atoms with E-state index in [0.29, 0.717) is 23.9 Å². The highest BCUT2D eigenvalue weighted by atomic mass is 16.6. The molecule has 7 nitrogen and oxygen atoms in total. The molecule has 0 atom stereocenters. The zero-order valence-corrected chi connectivity index (χ0v) is 18.8. The van der Waals surface area contributed by atoms with Crippen LogP contribution in [0.15, 0.2) is 42.5 Å². The molecule has 1 aliphatic rings. The summed E-state index contributed by atoms with van der Waals surface area (Å²) in [5.41, 5.74) is 2.62. The van der Waals surface area contributed by atoms with Gasteiger partial charge in [0.05, 0.1) is 17.2 Å². The average Bonchev–Trinajstić information content (AvgIpc) is 2.77. The van der Waals surface area contributed by atoms with Crippen molar-refractivity contribution in [1.29, 1.82) is 0 Å². The molecule has 32 heavy (non-hydrogen) atoms. The smallest absolute Gasteiger partial charge is 0.407 e. The van der Waals surface area contributed by atoms with Crippen molar-refractivity contribution in [2.24, 2.45) is 5.92 Å². The number of alkyl carbamates (subject to hydrolysis) is 1. The summed E-state index contributed by atoms with van der Waals surface area (Å²) in [5, 5.41) is 14.2. The molecule has 0 aliphatic carbocycles. The van der Waals surface area contributed by atoms with Crippen molar-refractivity contribution >= 4 is 22.8 Å². The monoisotopic (exact) mass is 434 g/mol. The predicted octanol–water partition coefficient (Wildman–Crippen LogP) is 4.66. The quantitative estimate of drug-likeness (QED) is 0.607. The maximum Gasteiger partial charge on any atom is 0.407 e. The minimum atomic E-state index is -0.355. The Balaban J connectivity index is 1.55. The van der Waals surface area contributed by atoms with Gasteiger partial charge in [0.25, 0.3) is 0 Å². The summed E-state index contributed by atoms with van der Waals surface area (Å²) in [6, 6.07) is 13.4. The Kier molecular flexibility index (Phi) is 6.44. The van der Waals surface area contributed by atoms with Crippen LogP contribution in [0.4, 0.5) is 10.6 Å². The Bertz CT molecular complexity index is 1110. The summed E-state index contributed by atoms with van der Waals surface area (Å²) < 4.78 is 5.16. The number of benzene rings is 2. The van der Waals surface area contributed by atoms with Crippen LogP contribution in [-0.4, -0.2) is 46.9 Å². The molecule has 1 aliphatic heterocycles. The Morgan fingerprint density at radius 1 is 1.19 bits per heavy atom. The number of ether oxygens (including phenoxy) is 1. The topological polar surface area (TPSA) is 87.6 Å². The van der Waals surface area contributed by atoms with E-state index in [2.05, 4.69) is 28.4 Å². The highest BCUT2D eigenvalue weighted by molar-refractivity contribution is 5.92. The Hall–Kier alpha value is -3.35. The minimum absolute atomic E-state index is 0.121. The summed E-state index contributed by atoms with van der Waals surface area (Å²) in [6.45, 7) is 8.03. The second-order valence-electron chi connectivity index (χ2n) is 8.67. The van der Waals surface area contributed by atoms with Gasteiger partial charge >= 0.3 is 6.09 Å². The molecule has 168 valence electrons. The van der Waals surface area contributed by atoms with Crippen molar-refractivity contribution < 1.29 is 14.6 Å². The molecule has 4 rings (SSSR count). The Labute approximate surface area is 188 Å². The summed E-state index contributed by atoms with van der Waals surface area (Å²) >= 11 is 0. The van der Waals surface area contributed by atoms with Gasteiger partial charge in [0, 0.05) is 25.0 Å². The molecular formula is C25H30N4O3. The second-order valence-corrected chi connectivity index (χ2v) is 8.67. The van der Waals surface area contributed by atoms with E-state index in [9.17, 15) is 9.90 Å². The molecule has 2 heterocycles. The summed E-state index contributed by atoms with van der Waals surface area (Å²) in [5.74, 6) is 1.98. The van der Waals surface area contributed by atoms with Crippen molar-refractivity contribution in [2.75, 3.05) is 24.5 Å². The van der Waals surface area contributed by atoms with Crippen LogP contribution in [0.5, 0.6) is 5.75 Å². The number of fused-ring (bicyclic) bond motifs is 1. The Morgan fingerprint density at radius 3 is 2.66 bits per heavy atom. The van der Waals surface area contributed by atoms with Gasteiger partial charge in [0.1, 0.15) is 11.6 Å². The van der Waals surface area contributed by atoms with Crippen molar-refractivity contribution in [3.8, 4) is 17.1 Å². The molecular weight excluding hydrogens is 404 g/mol. The van der Waals surface area contributed by atoms with Crippen LogP contribution in [-0.2, 0) is 4.74 Å². The zero-order chi connectivity index (χ0) is 22.7. The normalized spacial score (nSPS) is 14.7. The average molecular weight is 435 g/mol. The Morgan fingerprint density at radius 2 is 1.94 bits per heavy atom. The number of aromatic nitrogens is 2. The first-order valence-corrected chi connectivity index (χ1v) is 11.2. The standard InChI is InChI=1S/C25H30N4O3/c1-16(2)32-25(31)26-15-18-10-12-29(13-11-18)24-19-9-8-17(3)14-21(19)27-23(28-24)20-6-4-5-7-22(20)30/h4-9,14,16,18,30H,10-13,15H2,1-3H3,(H,26,31). The highest BCUT2D eigenvalue weighted by Gasteiger charge is 2.24. The third-order valence-corrected chi connectivity index (χ3v) is 5.77. The molecule has 1 amide bonds. The predicted molar refractivity (Wildman–Crippen MR) is 126 cm³/mol. The lowest BCUT2D eigenvalue weighted by molar-refractivity contribution is 0.113. The van der Waals surface area contributed by atoms with Gasteiger partial charge in [-0.3, -0.25) is 0 Å². The molecule has 0 unspecified atom stereocenters. The van der Waals surface area contributed by atoms with Gasteiger partial charge in [0.2, 0.25) is 0 Å². The number of nitrogens with zero attached hydrogens (tertiary/aromatic N) is 3. The van der Waals surface area contributed by atoms with Gasteiger partial charge in [-0.05, 0) is 69.4 Å². The number of rotatable bonds is 5.